The molecule has 2 aromatic carbocycles. The number of benzene rings is 2. The van der Waals surface area contributed by atoms with Gasteiger partial charge in [0.25, 0.3) is 5.91 Å². The van der Waals surface area contributed by atoms with Gasteiger partial charge in [-0.1, -0.05) is 23.7 Å². The van der Waals surface area contributed by atoms with Crippen LogP contribution in [0.3, 0.4) is 0 Å². The van der Waals surface area contributed by atoms with Gasteiger partial charge < -0.3 is 4.74 Å². The van der Waals surface area contributed by atoms with E-state index in [1.807, 2.05) is 48.5 Å². The Kier molecular flexibility index (Phi) is 5.65. The van der Waals surface area contributed by atoms with E-state index in [0.29, 0.717) is 11.4 Å². The number of amides is 1. The zero-order valence-electron chi connectivity index (χ0n) is 13.7. The number of nitrogens with one attached hydrogen (secondary N) is 3. The Bertz CT molecular complexity index is 747. The summed E-state index contributed by atoms with van der Waals surface area (Å²) in [7, 11) is 1.61. The highest BCUT2D eigenvalue weighted by atomic mass is 35.5. The molecule has 1 saturated heterocycles. The summed E-state index contributed by atoms with van der Waals surface area (Å²) in [4.78, 5) is 12.2. The van der Waals surface area contributed by atoms with Gasteiger partial charge in [-0.2, -0.15) is 5.10 Å². The zero-order valence-corrected chi connectivity index (χ0v) is 14.5. The van der Waals surface area contributed by atoms with Crippen LogP contribution in [-0.2, 0) is 4.79 Å². The summed E-state index contributed by atoms with van der Waals surface area (Å²) >= 11 is 5.90. The summed E-state index contributed by atoms with van der Waals surface area (Å²) in [5.74, 6) is 0.587. The second-order valence-corrected chi connectivity index (χ2v) is 6.12. The highest BCUT2D eigenvalue weighted by Gasteiger charge is 2.29. The molecule has 1 aliphatic heterocycles. The largest absolute Gasteiger partial charge is 0.497 e. The molecular weight excluding hydrogens is 340 g/mol. The maximum absolute atomic E-state index is 12.2. The van der Waals surface area contributed by atoms with Gasteiger partial charge in [0.2, 0.25) is 0 Å². The molecule has 0 radical (unpaired) electrons. The van der Waals surface area contributed by atoms with E-state index in [4.69, 9.17) is 16.3 Å². The van der Waals surface area contributed by atoms with Gasteiger partial charge in [-0.3, -0.25) is 4.79 Å². The first-order valence-electron chi connectivity index (χ1n) is 7.89. The van der Waals surface area contributed by atoms with Crippen molar-refractivity contribution in [3.63, 3.8) is 0 Å². The van der Waals surface area contributed by atoms with Crippen LogP contribution in [0.5, 0.6) is 5.75 Å². The lowest BCUT2D eigenvalue weighted by Crippen LogP contribution is -2.41. The first-order valence-corrected chi connectivity index (χ1v) is 8.27. The molecule has 3 rings (SSSR count). The van der Waals surface area contributed by atoms with Crippen molar-refractivity contribution in [2.24, 2.45) is 5.10 Å². The van der Waals surface area contributed by atoms with E-state index in [2.05, 4.69) is 21.4 Å². The SMILES string of the molecule is COc1ccc(/C=N/NC(=O)C2CC(c3ccc(Cl)cc3)NN2)cc1. The van der Waals surface area contributed by atoms with Gasteiger partial charge in [0, 0.05) is 11.1 Å². The summed E-state index contributed by atoms with van der Waals surface area (Å²) in [6.07, 6.45) is 2.22. The van der Waals surface area contributed by atoms with Crippen LogP contribution in [0.25, 0.3) is 0 Å². The maximum Gasteiger partial charge on any atom is 0.258 e. The van der Waals surface area contributed by atoms with Crippen LogP contribution in [0, 0.1) is 0 Å². The van der Waals surface area contributed by atoms with Crippen molar-refractivity contribution in [2.75, 3.05) is 7.11 Å². The second kappa shape index (κ2) is 8.11. The number of methoxy groups -OCH3 is 1. The maximum atomic E-state index is 12.2. The fraction of sp³-hybridized carbons (Fsp3) is 0.222. The Labute approximate surface area is 151 Å². The minimum atomic E-state index is -0.353. The van der Waals surface area contributed by atoms with Crippen LogP contribution in [-0.4, -0.2) is 25.3 Å². The first-order chi connectivity index (χ1) is 12.2. The van der Waals surface area contributed by atoms with E-state index >= 15 is 0 Å². The molecule has 25 heavy (non-hydrogen) atoms. The Morgan fingerprint density at radius 2 is 1.92 bits per heavy atom. The lowest BCUT2D eigenvalue weighted by molar-refractivity contribution is -0.122. The average molecular weight is 359 g/mol. The van der Waals surface area contributed by atoms with Crippen molar-refractivity contribution >= 4 is 23.7 Å². The standard InChI is InChI=1S/C18H19ClN4O2/c1-25-15-8-2-12(3-9-15)11-20-23-18(24)17-10-16(21-22-17)13-4-6-14(19)7-5-13/h2-9,11,16-17,21-22H,10H2,1H3,(H,23,24)/b20-11+. The van der Waals surface area contributed by atoms with Crippen LogP contribution in [0.15, 0.2) is 53.6 Å². The summed E-state index contributed by atoms with van der Waals surface area (Å²) < 4.78 is 5.10. The summed E-state index contributed by atoms with van der Waals surface area (Å²) in [5.41, 5.74) is 10.6. The first kappa shape index (κ1) is 17.4. The van der Waals surface area contributed by atoms with E-state index in [-0.39, 0.29) is 18.0 Å². The van der Waals surface area contributed by atoms with Crippen LogP contribution < -0.4 is 21.0 Å². The zero-order chi connectivity index (χ0) is 17.6. The number of rotatable bonds is 5. The van der Waals surface area contributed by atoms with Gasteiger partial charge in [0.05, 0.1) is 13.3 Å². The number of nitrogens with zero attached hydrogens (tertiary/aromatic N) is 1. The van der Waals surface area contributed by atoms with Crippen molar-refractivity contribution in [1.29, 1.82) is 0 Å². The molecule has 2 atom stereocenters. The quantitative estimate of drug-likeness (QED) is 0.567. The second-order valence-electron chi connectivity index (χ2n) is 5.69. The molecule has 0 bridgehead atoms. The number of hydrogen-bond acceptors (Lipinski definition) is 5. The van der Waals surface area contributed by atoms with Gasteiger partial charge in [0.15, 0.2) is 0 Å². The third-order valence-corrected chi connectivity index (χ3v) is 4.25. The number of carbonyl (C=O) groups excluding carboxylic acids is 1. The van der Waals surface area contributed by atoms with E-state index in [1.54, 1.807) is 13.3 Å². The number of carbonyl (C=O) groups is 1. The smallest absolute Gasteiger partial charge is 0.258 e. The van der Waals surface area contributed by atoms with Crippen LogP contribution in [0.2, 0.25) is 5.02 Å². The van der Waals surface area contributed by atoms with E-state index < -0.39 is 0 Å². The molecule has 0 spiro atoms. The summed E-state index contributed by atoms with van der Waals surface area (Å²) in [6.45, 7) is 0. The highest BCUT2D eigenvalue weighted by molar-refractivity contribution is 6.30. The average Bonchev–Trinajstić information content (AvgIpc) is 3.13. The molecular formula is C18H19ClN4O2. The lowest BCUT2D eigenvalue weighted by Gasteiger charge is -2.09. The predicted octanol–water partition coefficient (Wildman–Crippen LogP) is 2.41. The van der Waals surface area contributed by atoms with Gasteiger partial charge in [-0.15, -0.1) is 0 Å². The van der Waals surface area contributed by atoms with E-state index in [9.17, 15) is 4.79 Å². The summed E-state index contributed by atoms with van der Waals surface area (Å²) in [6, 6.07) is 14.7. The Morgan fingerprint density at radius 1 is 1.20 bits per heavy atom. The van der Waals surface area contributed by atoms with Crippen LogP contribution in [0.1, 0.15) is 23.6 Å². The van der Waals surface area contributed by atoms with Crippen molar-refractivity contribution in [1.82, 2.24) is 16.3 Å². The molecule has 2 unspecified atom stereocenters. The molecule has 3 N–H and O–H groups in total. The fourth-order valence-corrected chi connectivity index (χ4v) is 2.71. The van der Waals surface area contributed by atoms with Crippen molar-refractivity contribution in [3.8, 4) is 5.75 Å². The van der Waals surface area contributed by atoms with Gasteiger partial charge >= 0.3 is 0 Å². The fourth-order valence-electron chi connectivity index (χ4n) is 2.58. The molecule has 1 amide bonds. The van der Waals surface area contributed by atoms with Crippen LogP contribution in [0.4, 0.5) is 0 Å². The summed E-state index contributed by atoms with van der Waals surface area (Å²) in [5, 5.41) is 4.69. The van der Waals surface area contributed by atoms with Crippen molar-refractivity contribution in [3.05, 3.63) is 64.7 Å². The monoisotopic (exact) mass is 358 g/mol. The Balaban J connectivity index is 1.51. The van der Waals surface area contributed by atoms with E-state index in [0.717, 1.165) is 16.9 Å². The highest BCUT2D eigenvalue weighted by Crippen LogP contribution is 2.23. The number of ether oxygens (including phenoxy) is 1. The molecule has 0 aliphatic carbocycles. The molecule has 0 aromatic heterocycles. The van der Waals surface area contributed by atoms with E-state index in [1.165, 1.54) is 0 Å². The molecule has 7 heteroatoms. The van der Waals surface area contributed by atoms with Gasteiger partial charge in [-0.25, -0.2) is 16.3 Å². The van der Waals surface area contributed by atoms with Crippen LogP contribution >= 0.6 is 11.6 Å². The number of halogens is 1. The molecule has 130 valence electrons. The molecule has 1 aliphatic rings. The minimum absolute atomic E-state index is 0.0542. The third kappa shape index (κ3) is 4.57. The number of hydrazine groups is 1. The molecule has 0 saturated carbocycles. The molecule has 1 heterocycles. The Morgan fingerprint density at radius 3 is 2.60 bits per heavy atom. The molecule has 6 nitrogen and oxygen atoms in total. The molecule has 1 fully saturated rings. The topological polar surface area (TPSA) is 74.8 Å². The van der Waals surface area contributed by atoms with Crippen molar-refractivity contribution in [2.45, 2.75) is 18.5 Å². The molecule has 2 aromatic rings. The predicted molar refractivity (Wildman–Crippen MR) is 97.6 cm³/mol. The van der Waals surface area contributed by atoms with Gasteiger partial charge in [0.1, 0.15) is 11.8 Å². The normalized spacial score (nSPS) is 19.9. The minimum Gasteiger partial charge on any atom is -0.497 e. The number of hydrogen-bond donors (Lipinski definition) is 3. The third-order valence-electron chi connectivity index (χ3n) is 4.00. The Hall–Kier alpha value is -2.41. The number of hydrazone groups is 1. The van der Waals surface area contributed by atoms with Gasteiger partial charge in [-0.05, 0) is 53.9 Å². The lowest BCUT2D eigenvalue weighted by atomic mass is 10.0. The van der Waals surface area contributed by atoms with Crippen molar-refractivity contribution < 1.29 is 9.53 Å².